The number of carbonyl (C=O) groups is 1. The Kier molecular flexibility index (Phi) is 4.44. The lowest BCUT2D eigenvalue weighted by molar-refractivity contribution is 0.187. The van der Waals surface area contributed by atoms with E-state index in [1.807, 2.05) is 0 Å². The topological polar surface area (TPSA) is 92.1 Å². The minimum absolute atomic E-state index is 0.168. The molecule has 0 radical (unpaired) electrons. The Bertz CT molecular complexity index is 641. The minimum atomic E-state index is -0.711. The fourth-order valence-electron chi connectivity index (χ4n) is 1.55. The van der Waals surface area contributed by atoms with Crippen LogP contribution in [-0.4, -0.2) is 38.0 Å². The second-order valence-corrected chi connectivity index (χ2v) is 5.48. The van der Waals surface area contributed by atoms with Crippen molar-refractivity contribution in [3.05, 3.63) is 35.6 Å². The molecule has 3 N–H and O–H groups in total. The molecule has 2 heterocycles. The van der Waals surface area contributed by atoms with Crippen LogP contribution >= 0.6 is 11.6 Å². The number of anilines is 1. The quantitative estimate of drug-likeness (QED) is 0.803. The summed E-state index contributed by atoms with van der Waals surface area (Å²) in [6.45, 7) is 3.25. The third-order valence-electron chi connectivity index (χ3n) is 2.63. The average molecular weight is 310 g/mol. The normalized spacial score (nSPS) is 11.2. The van der Waals surface area contributed by atoms with Crippen molar-refractivity contribution in [2.45, 2.75) is 19.4 Å². The highest BCUT2D eigenvalue weighted by molar-refractivity contribution is 6.32. The molecule has 2 amide bonds. The molecular weight excluding hydrogens is 294 g/mol. The van der Waals surface area contributed by atoms with Crippen LogP contribution in [0.2, 0.25) is 5.02 Å². The van der Waals surface area contributed by atoms with Crippen molar-refractivity contribution in [3.63, 3.8) is 0 Å². The number of hydrogen-bond donors (Lipinski definition) is 3. The van der Waals surface area contributed by atoms with Crippen molar-refractivity contribution in [1.29, 1.82) is 0 Å². The molecule has 2 aromatic rings. The summed E-state index contributed by atoms with van der Waals surface area (Å²) in [7, 11) is 0. The van der Waals surface area contributed by atoms with E-state index in [4.69, 9.17) is 16.7 Å². The van der Waals surface area contributed by atoms with Crippen molar-refractivity contribution < 1.29 is 9.90 Å². The van der Waals surface area contributed by atoms with Gasteiger partial charge in [-0.05, 0) is 26.0 Å². The summed E-state index contributed by atoms with van der Waals surface area (Å²) in [6.07, 6.45) is 3.24. The molecule has 21 heavy (non-hydrogen) atoms. The van der Waals surface area contributed by atoms with Gasteiger partial charge in [0.1, 0.15) is 0 Å². The standard InChI is InChI=1S/C13H16ClN5O2/c1-13(2,8-20)17-12(21)16-10-5-7-19(18-10)11-9(14)4-3-6-15-11/h3-7,20H,8H2,1-2H3,(H2,16,17,18,21). The Labute approximate surface area is 126 Å². The van der Waals surface area contributed by atoms with E-state index >= 15 is 0 Å². The van der Waals surface area contributed by atoms with Crippen LogP contribution in [0, 0.1) is 0 Å². The molecule has 2 aromatic heterocycles. The average Bonchev–Trinajstić information content (AvgIpc) is 2.86. The highest BCUT2D eigenvalue weighted by atomic mass is 35.5. The first-order valence-corrected chi connectivity index (χ1v) is 6.66. The largest absolute Gasteiger partial charge is 0.394 e. The molecule has 0 aliphatic carbocycles. The summed E-state index contributed by atoms with van der Waals surface area (Å²) in [5.41, 5.74) is -0.711. The van der Waals surface area contributed by atoms with Gasteiger partial charge in [0.05, 0.1) is 17.2 Å². The molecule has 0 bridgehead atoms. The van der Waals surface area contributed by atoms with E-state index in [2.05, 4.69) is 20.7 Å². The van der Waals surface area contributed by atoms with Crippen LogP contribution in [-0.2, 0) is 0 Å². The van der Waals surface area contributed by atoms with Gasteiger partial charge in [-0.2, -0.15) is 0 Å². The van der Waals surface area contributed by atoms with Gasteiger partial charge < -0.3 is 10.4 Å². The number of hydrogen-bond acceptors (Lipinski definition) is 4. The molecule has 0 fully saturated rings. The van der Waals surface area contributed by atoms with Crippen molar-refractivity contribution in [3.8, 4) is 5.82 Å². The number of nitrogens with zero attached hydrogens (tertiary/aromatic N) is 3. The fraction of sp³-hybridized carbons (Fsp3) is 0.308. The van der Waals surface area contributed by atoms with Gasteiger partial charge in [-0.25, -0.2) is 14.5 Å². The predicted molar refractivity (Wildman–Crippen MR) is 79.7 cm³/mol. The smallest absolute Gasteiger partial charge is 0.320 e. The van der Waals surface area contributed by atoms with Crippen molar-refractivity contribution >= 4 is 23.4 Å². The third kappa shape index (κ3) is 3.93. The maximum absolute atomic E-state index is 11.8. The number of carbonyl (C=O) groups excluding carboxylic acids is 1. The van der Waals surface area contributed by atoms with Gasteiger partial charge in [0.15, 0.2) is 11.6 Å². The van der Waals surface area contributed by atoms with Crippen LogP contribution in [0.25, 0.3) is 5.82 Å². The summed E-state index contributed by atoms with van der Waals surface area (Å²) in [6, 6.07) is 4.59. The van der Waals surface area contributed by atoms with Crippen LogP contribution in [0.3, 0.4) is 0 Å². The lowest BCUT2D eigenvalue weighted by Gasteiger charge is -2.23. The summed E-state index contributed by atoms with van der Waals surface area (Å²) in [4.78, 5) is 15.9. The number of aliphatic hydroxyl groups excluding tert-OH is 1. The second kappa shape index (κ2) is 6.11. The molecule has 7 nitrogen and oxygen atoms in total. The molecule has 0 aromatic carbocycles. The van der Waals surface area contributed by atoms with Crippen molar-refractivity contribution in [1.82, 2.24) is 20.1 Å². The summed E-state index contributed by atoms with van der Waals surface area (Å²) in [5, 5.41) is 18.9. The third-order valence-corrected chi connectivity index (χ3v) is 2.93. The van der Waals surface area contributed by atoms with Crippen LogP contribution in [0.5, 0.6) is 0 Å². The first-order valence-electron chi connectivity index (χ1n) is 6.28. The molecule has 2 rings (SSSR count). The maximum atomic E-state index is 11.8. The van der Waals surface area contributed by atoms with Gasteiger partial charge >= 0.3 is 6.03 Å². The lowest BCUT2D eigenvalue weighted by Crippen LogP contribution is -2.48. The van der Waals surface area contributed by atoms with E-state index in [0.717, 1.165) is 0 Å². The molecular formula is C13H16ClN5O2. The summed E-state index contributed by atoms with van der Waals surface area (Å²) >= 11 is 6.03. The summed E-state index contributed by atoms with van der Waals surface area (Å²) < 4.78 is 1.47. The Morgan fingerprint density at radius 1 is 1.48 bits per heavy atom. The Hall–Kier alpha value is -2.12. The fourth-order valence-corrected chi connectivity index (χ4v) is 1.76. The monoisotopic (exact) mass is 309 g/mol. The molecule has 8 heteroatoms. The molecule has 0 atom stereocenters. The molecule has 0 aliphatic rings. The van der Waals surface area contributed by atoms with E-state index in [-0.39, 0.29) is 6.61 Å². The number of aromatic nitrogens is 3. The number of rotatable bonds is 4. The highest BCUT2D eigenvalue weighted by Crippen LogP contribution is 2.17. The van der Waals surface area contributed by atoms with Crippen molar-refractivity contribution in [2.75, 3.05) is 11.9 Å². The highest BCUT2D eigenvalue weighted by Gasteiger charge is 2.19. The summed E-state index contributed by atoms with van der Waals surface area (Å²) in [5.74, 6) is 0.825. The molecule has 0 aliphatic heterocycles. The van der Waals surface area contributed by atoms with Gasteiger partial charge in [0.25, 0.3) is 0 Å². The zero-order valence-electron chi connectivity index (χ0n) is 11.7. The van der Waals surface area contributed by atoms with E-state index in [1.54, 1.807) is 44.4 Å². The van der Waals surface area contributed by atoms with Crippen LogP contribution in [0.4, 0.5) is 10.6 Å². The van der Waals surface area contributed by atoms with Crippen LogP contribution in [0.1, 0.15) is 13.8 Å². The molecule has 0 unspecified atom stereocenters. The van der Waals surface area contributed by atoms with Gasteiger partial charge in [-0.1, -0.05) is 11.6 Å². The Morgan fingerprint density at radius 2 is 2.24 bits per heavy atom. The number of nitrogens with one attached hydrogen (secondary N) is 2. The van der Waals surface area contributed by atoms with Crippen LogP contribution < -0.4 is 10.6 Å². The van der Waals surface area contributed by atoms with Gasteiger partial charge in [0.2, 0.25) is 0 Å². The molecule has 0 saturated heterocycles. The molecule has 112 valence electrons. The zero-order valence-corrected chi connectivity index (χ0v) is 12.4. The maximum Gasteiger partial charge on any atom is 0.320 e. The van der Waals surface area contributed by atoms with E-state index in [0.29, 0.717) is 16.7 Å². The number of aliphatic hydroxyl groups is 1. The Morgan fingerprint density at radius 3 is 2.90 bits per heavy atom. The van der Waals surface area contributed by atoms with Crippen LogP contribution in [0.15, 0.2) is 30.6 Å². The minimum Gasteiger partial charge on any atom is -0.394 e. The lowest BCUT2D eigenvalue weighted by atomic mass is 10.1. The first kappa shape index (κ1) is 15.3. The number of pyridine rings is 1. The molecule has 0 saturated carbocycles. The predicted octanol–water partition coefficient (Wildman–Crippen LogP) is 1.81. The molecule has 0 spiro atoms. The van der Waals surface area contributed by atoms with Crippen molar-refractivity contribution in [2.24, 2.45) is 0 Å². The Balaban J connectivity index is 2.08. The van der Waals surface area contributed by atoms with E-state index < -0.39 is 11.6 Å². The van der Waals surface area contributed by atoms with Gasteiger partial charge in [-0.15, -0.1) is 5.10 Å². The van der Waals surface area contributed by atoms with E-state index in [1.165, 1.54) is 4.68 Å². The number of amides is 2. The van der Waals surface area contributed by atoms with Gasteiger partial charge in [-0.3, -0.25) is 5.32 Å². The zero-order chi connectivity index (χ0) is 15.5. The first-order chi connectivity index (χ1) is 9.91. The van der Waals surface area contributed by atoms with Gasteiger partial charge in [0, 0.05) is 18.5 Å². The van der Waals surface area contributed by atoms with E-state index in [9.17, 15) is 4.79 Å². The second-order valence-electron chi connectivity index (χ2n) is 5.08. The number of halogens is 1. The number of urea groups is 1. The SMILES string of the molecule is CC(C)(CO)NC(=O)Nc1ccn(-c2ncccc2Cl)n1.